The van der Waals surface area contributed by atoms with Gasteiger partial charge in [0.1, 0.15) is 23.7 Å². The lowest BCUT2D eigenvalue weighted by Gasteiger charge is -2.35. The predicted molar refractivity (Wildman–Crippen MR) is 208 cm³/mol. The van der Waals surface area contributed by atoms with Crippen LogP contribution in [0.2, 0.25) is 0 Å². The van der Waals surface area contributed by atoms with Crippen LogP contribution in [0.3, 0.4) is 0 Å². The summed E-state index contributed by atoms with van der Waals surface area (Å²) in [6, 6.07) is 6.12. The Bertz CT molecular complexity index is 1910. The zero-order valence-electron chi connectivity index (χ0n) is 34.2. The van der Waals surface area contributed by atoms with Crippen molar-refractivity contribution in [2.24, 2.45) is 5.92 Å². The van der Waals surface area contributed by atoms with Crippen molar-refractivity contribution in [3.63, 3.8) is 0 Å². The largest absolute Gasteiger partial charge is 0.468 e. The van der Waals surface area contributed by atoms with Gasteiger partial charge in [-0.15, -0.1) is 0 Å². The molecule has 17 heteroatoms. The van der Waals surface area contributed by atoms with Crippen LogP contribution in [0, 0.1) is 24.5 Å². The topological polar surface area (TPSA) is 168 Å². The number of aromatic amines is 1. The smallest absolute Gasteiger partial charge is 0.418 e. The Morgan fingerprint density at radius 1 is 1.03 bits per heavy atom. The van der Waals surface area contributed by atoms with Gasteiger partial charge in [-0.3, -0.25) is 19.2 Å². The van der Waals surface area contributed by atoms with Crippen LogP contribution in [0.25, 0.3) is 10.9 Å². The molecule has 4 atom stereocenters. The Balaban J connectivity index is 0.000000413. The molecule has 12 nitrogen and oxygen atoms in total. The van der Waals surface area contributed by atoms with Crippen LogP contribution >= 0.6 is 0 Å². The summed E-state index contributed by atoms with van der Waals surface area (Å²) in [6.07, 6.45) is 0.392. The summed E-state index contributed by atoms with van der Waals surface area (Å²) >= 11 is 0. The first-order valence-electron chi connectivity index (χ1n) is 19.2. The first kappa shape index (κ1) is 48.8. The Hall–Kier alpha value is -5.35. The number of carbonyl (C=O) groups is 4. The molecule has 58 heavy (non-hydrogen) atoms. The molecule has 2 heterocycles. The van der Waals surface area contributed by atoms with Gasteiger partial charge in [0.05, 0.1) is 24.1 Å². The minimum absolute atomic E-state index is 0.0292. The number of rotatable bonds is 13. The molecule has 1 aliphatic carbocycles. The first-order chi connectivity index (χ1) is 27.4. The average molecular weight is 823 g/mol. The summed E-state index contributed by atoms with van der Waals surface area (Å²) in [4.78, 5) is 51.7. The number of nitrogens with one attached hydrogen (secondary N) is 4. The number of nitrogens with zero attached hydrogens (tertiary/aromatic N) is 2. The van der Waals surface area contributed by atoms with E-state index in [-0.39, 0.29) is 23.0 Å². The van der Waals surface area contributed by atoms with Crippen molar-refractivity contribution in [1.82, 2.24) is 31.1 Å². The third kappa shape index (κ3) is 14.2. The third-order valence-electron chi connectivity index (χ3n) is 9.43. The van der Waals surface area contributed by atoms with Gasteiger partial charge >= 0.3 is 6.18 Å². The minimum atomic E-state index is -4.50. The number of hydrogen-bond donors (Lipinski definition) is 4. The summed E-state index contributed by atoms with van der Waals surface area (Å²) in [5.41, 5.74) is -0.436. The van der Waals surface area contributed by atoms with Crippen LogP contribution in [0.4, 0.5) is 22.0 Å². The number of ether oxygens (including phenoxy) is 1. The number of hydrogen-bond acceptors (Lipinski definition) is 8. The summed E-state index contributed by atoms with van der Waals surface area (Å²) in [7, 11) is 0. The van der Waals surface area contributed by atoms with Crippen molar-refractivity contribution in [2.45, 2.75) is 124 Å². The maximum atomic E-state index is 13.8. The first-order valence-corrected chi connectivity index (χ1v) is 19.2. The number of benzene rings is 2. The molecule has 2 aromatic carbocycles. The fraction of sp³-hybridized carbons (Fsp3) is 0.512. The van der Waals surface area contributed by atoms with Gasteiger partial charge in [0, 0.05) is 22.2 Å². The summed E-state index contributed by atoms with van der Waals surface area (Å²) in [5.74, 6) is -1.59. The fourth-order valence-corrected chi connectivity index (χ4v) is 5.89. The number of fused-ring (bicyclic) bond motifs is 3. The number of carbonyl (C=O) groups excluding carboxylic acids is 4. The van der Waals surface area contributed by atoms with Gasteiger partial charge in [0.2, 0.25) is 24.1 Å². The zero-order chi connectivity index (χ0) is 43.6. The van der Waals surface area contributed by atoms with Crippen molar-refractivity contribution >= 4 is 35.6 Å². The van der Waals surface area contributed by atoms with Gasteiger partial charge in [-0.1, -0.05) is 70.3 Å². The van der Waals surface area contributed by atoms with Crippen molar-refractivity contribution in [2.75, 3.05) is 6.61 Å². The van der Waals surface area contributed by atoms with E-state index in [1.54, 1.807) is 26.8 Å². The van der Waals surface area contributed by atoms with Crippen molar-refractivity contribution < 1.29 is 50.4 Å². The zero-order valence-corrected chi connectivity index (χ0v) is 34.2. The Kier molecular flexibility index (Phi) is 19.5. The lowest BCUT2D eigenvalue weighted by atomic mass is 9.81. The van der Waals surface area contributed by atoms with E-state index in [0.29, 0.717) is 67.1 Å². The van der Waals surface area contributed by atoms with E-state index in [0.717, 1.165) is 24.6 Å². The quantitative estimate of drug-likeness (QED) is 0.0784. The number of para-hydroxylation sites is 1. The molecule has 0 fully saturated rings. The van der Waals surface area contributed by atoms with E-state index in [1.807, 2.05) is 13.8 Å². The van der Waals surface area contributed by atoms with Gasteiger partial charge < -0.3 is 30.2 Å². The highest BCUT2D eigenvalue weighted by atomic mass is 19.4. The van der Waals surface area contributed by atoms with E-state index in [2.05, 4.69) is 49.7 Å². The minimum Gasteiger partial charge on any atom is -0.468 e. The highest BCUT2D eigenvalue weighted by molar-refractivity contribution is 5.90. The molecule has 3 unspecified atom stereocenters. The van der Waals surface area contributed by atoms with Gasteiger partial charge in [-0.2, -0.15) is 18.2 Å². The number of halogens is 5. The Morgan fingerprint density at radius 2 is 1.67 bits per heavy atom. The normalized spacial score (nSPS) is 15.9. The molecule has 0 radical (unpaired) electrons. The molecule has 2 aromatic heterocycles. The number of alkyl halides is 3. The number of H-pyrrole nitrogens is 1. The van der Waals surface area contributed by atoms with Crippen LogP contribution in [-0.2, 0) is 49.4 Å². The molecule has 4 N–H and O–H groups in total. The van der Waals surface area contributed by atoms with E-state index in [9.17, 15) is 41.1 Å². The monoisotopic (exact) mass is 822 g/mol. The van der Waals surface area contributed by atoms with E-state index in [4.69, 9.17) is 4.52 Å². The fourth-order valence-electron chi connectivity index (χ4n) is 5.89. The standard InChI is InChI=1S/C25H24F5N3O2.C9H15N3O2.C4H10.C3H6O2/c1-13(31-21(34)11-15-18(26)7-4-8-19(15)27)23(35)33-24(2)10-9-20-16(12-24)14-5-3-6-17(22(14)32-20)25(28,29)30;1-4-6(2)8(10-5-13)9-11-7(3)12-14-9;1-3-4-2;1-2-5-3-4/h3-8,13,32H,9-12H2,1-2H3,(H,31,34)(H,33,35);5-6,8H,4H2,1-3H3,(H,10,13);3-4H2,1-2H3;3H,2H2,1H3/t;6?,8-;;/m.0../s1. The lowest BCUT2D eigenvalue weighted by molar-refractivity contribution is -0.136. The predicted octanol–water partition coefficient (Wildman–Crippen LogP) is 7.77. The van der Waals surface area contributed by atoms with E-state index >= 15 is 0 Å². The van der Waals surface area contributed by atoms with Gasteiger partial charge in [-0.05, 0) is 76.6 Å². The maximum absolute atomic E-state index is 13.8. The molecular weight excluding hydrogens is 767 g/mol. The molecule has 320 valence electrons. The molecule has 0 saturated heterocycles. The average Bonchev–Trinajstić information content (AvgIpc) is 3.78. The van der Waals surface area contributed by atoms with Crippen LogP contribution in [0.1, 0.15) is 114 Å². The molecule has 0 bridgehead atoms. The highest BCUT2D eigenvalue weighted by Crippen LogP contribution is 2.39. The molecule has 0 aliphatic heterocycles. The molecule has 5 rings (SSSR count). The number of amides is 3. The summed E-state index contributed by atoms with van der Waals surface area (Å²) in [6.45, 7) is 16.1. The van der Waals surface area contributed by atoms with Crippen molar-refractivity contribution in [3.05, 3.63) is 82.1 Å². The van der Waals surface area contributed by atoms with Crippen LogP contribution in [0.5, 0.6) is 0 Å². The number of aryl methyl sites for hydroxylation is 2. The maximum Gasteiger partial charge on any atom is 0.418 e. The summed E-state index contributed by atoms with van der Waals surface area (Å²) < 4.78 is 77.1. The van der Waals surface area contributed by atoms with Gasteiger partial charge in [0.15, 0.2) is 5.82 Å². The third-order valence-corrected chi connectivity index (χ3v) is 9.43. The second-order valence-corrected chi connectivity index (χ2v) is 14.1. The number of aromatic nitrogens is 3. The molecule has 1 aliphatic rings. The Labute approximate surface area is 335 Å². The van der Waals surface area contributed by atoms with Crippen LogP contribution in [-0.4, -0.2) is 58.0 Å². The SMILES string of the molecule is CC(NC(=O)Cc1c(F)cccc1F)C(=O)NC1(C)CCc2[nH]c3c(C(F)(F)F)cccc3c2C1.CCC(C)[C@H](NC=O)c1nc(C)no1.CCCC.CCOC=O. The van der Waals surface area contributed by atoms with Crippen LogP contribution < -0.4 is 16.0 Å². The van der Waals surface area contributed by atoms with Crippen molar-refractivity contribution in [3.8, 4) is 0 Å². The molecule has 0 saturated carbocycles. The van der Waals surface area contributed by atoms with Crippen LogP contribution in [0.15, 0.2) is 40.9 Å². The second-order valence-electron chi connectivity index (χ2n) is 14.1. The highest BCUT2D eigenvalue weighted by Gasteiger charge is 2.38. The second kappa shape index (κ2) is 23.2. The molecular formula is C41H55F5N6O6. The lowest BCUT2D eigenvalue weighted by Crippen LogP contribution is -2.55. The van der Waals surface area contributed by atoms with Crippen molar-refractivity contribution in [1.29, 1.82) is 0 Å². The summed E-state index contributed by atoms with van der Waals surface area (Å²) in [5, 5.41) is 12.2. The number of unbranched alkanes of at least 4 members (excludes halogenated alkanes) is 1. The molecule has 3 amide bonds. The molecule has 0 spiro atoms. The van der Waals surface area contributed by atoms with Gasteiger partial charge in [0.25, 0.3) is 6.47 Å². The van der Waals surface area contributed by atoms with E-state index in [1.165, 1.54) is 31.9 Å². The van der Waals surface area contributed by atoms with E-state index < -0.39 is 53.2 Å². The Morgan fingerprint density at radius 3 is 2.17 bits per heavy atom. The molecule has 4 aromatic rings. The van der Waals surface area contributed by atoms with Gasteiger partial charge in [-0.25, -0.2) is 8.78 Å².